The first-order chi connectivity index (χ1) is 13.5. The minimum Gasteiger partial charge on any atom is -0.508 e. The molecule has 0 aliphatic carbocycles. The minimum absolute atomic E-state index is 0.0190. The number of fused-ring (bicyclic) bond motifs is 1. The zero-order valence-corrected chi connectivity index (χ0v) is 17.4. The van der Waals surface area contributed by atoms with Crippen molar-refractivity contribution in [3.8, 4) is 29.1 Å². The summed E-state index contributed by atoms with van der Waals surface area (Å²) in [4.78, 5) is 0. The maximum absolute atomic E-state index is 9.78. The van der Waals surface area contributed by atoms with E-state index in [1.807, 2.05) is 19.1 Å². The number of rotatable bonds is 6. The number of aromatic hydroxyl groups is 1. The second-order valence-electron chi connectivity index (χ2n) is 6.01. The van der Waals surface area contributed by atoms with Gasteiger partial charge in [-0.3, -0.25) is 0 Å². The molecule has 1 aliphatic heterocycles. The summed E-state index contributed by atoms with van der Waals surface area (Å²) in [5, 5.41) is 19.5. The first-order valence-electron chi connectivity index (χ1n) is 8.60. The highest BCUT2D eigenvalue weighted by Crippen LogP contribution is 2.46. The van der Waals surface area contributed by atoms with Crippen LogP contribution in [-0.4, -0.2) is 18.3 Å². The van der Waals surface area contributed by atoms with Crippen molar-refractivity contribution in [1.82, 2.24) is 0 Å². The predicted octanol–water partition coefficient (Wildman–Crippen LogP) is 4.18. The van der Waals surface area contributed by atoms with Crippen LogP contribution in [0.1, 0.15) is 24.0 Å². The largest absolute Gasteiger partial charge is 0.508 e. The van der Waals surface area contributed by atoms with Crippen LogP contribution in [0.15, 0.2) is 54.4 Å². The van der Waals surface area contributed by atoms with Gasteiger partial charge in [-0.25, -0.2) is 0 Å². The number of nitrogens with zero attached hydrogens (tertiary/aromatic N) is 1. The Morgan fingerprint density at radius 1 is 1.36 bits per heavy atom. The number of nitriles is 1. The molecule has 1 atom stereocenters. The fourth-order valence-electron chi connectivity index (χ4n) is 3.09. The van der Waals surface area contributed by atoms with Crippen molar-refractivity contribution in [2.75, 3.05) is 13.2 Å². The Labute approximate surface area is 177 Å². The zero-order chi connectivity index (χ0) is 20.3. The lowest BCUT2D eigenvalue weighted by Gasteiger charge is -2.27. The minimum atomic E-state index is -0.449. The van der Waals surface area contributed by atoms with Crippen LogP contribution in [0.25, 0.3) is 0 Å². The number of phenols is 1. The summed E-state index contributed by atoms with van der Waals surface area (Å²) in [6.45, 7) is 6.38. The predicted molar refractivity (Wildman–Crippen MR) is 113 cm³/mol. The van der Waals surface area contributed by atoms with Crippen LogP contribution >= 0.6 is 22.6 Å². The molecule has 144 valence electrons. The average Bonchev–Trinajstić information content (AvgIpc) is 2.66. The SMILES string of the molecule is C=CCOc1c(I)cc([C@H]2C(C#N)=C(N)Oc3cc(O)ccc32)cc1OCC. The van der Waals surface area contributed by atoms with Gasteiger partial charge in [0.2, 0.25) is 5.88 Å². The summed E-state index contributed by atoms with van der Waals surface area (Å²) in [6.07, 6.45) is 1.66. The second-order valence-corrected chi connectivity index (χ2v) is 7.17. The summed E-state index contributed by atoms with van der Waals surface area (Å²) < 4.78 is 17.9. The smallest absolute Gasteiger partial charge is 0.205 e. The van der Waals surface area contributed by atoms with E-state index in [1.165, 1.54) is 6.07 Å². The Kier molecular flexibility index (Phi) is 5.99. The van der Waals surface area contributed by atoms with Gasteiger partial charge < -0.3 is 25.1 Å². The lowest BCUT2D eigenvalue weighted by molar-refractivity contribution is 0.295. The van der Waals surface area contributed by atoms with Crippen LogP contribution in [0.3, 0.4) is 0 Å². The molecule has 0 unspecified atom stereocenters. The van der Waals surface area contributed by atoms with E-state index in [0.29, 0.717) is 36.0 Å². The van der Waals surface area contributed by atoms with Crippen LogP contribution < -0.4 is 19.9 Å². The number of hydrogen-bond acceptors (Lipinski definition) is 6. The maximum Gasteiger partial charge on any atom is 0.205 e. The Bertz CT molecular complexity index is 995. The highest BCUT2D eigenvalue weighted by Gasteiger charge is 2.32. The number of halogens is 1. The second kappa shape index (κ2) is 8.44. The highest BCUT2D eigenvalue weighted by molar-refractivity contribution is 14.1. The molecule has 0 saturated heterocycles. The molecule has 0 radical (unpaired) electrons. The van der Waals surface area contributed by atoms with Gasteiger partial charge in [0.05, 0.1) is 16.1 Å². The highest BCUT2D eigenvalue weighted by atomic mass is 127. The van der Waals surface area contributed by atoms with E-state index in [0.717, 1.165) is 14.7 Å². The Hall–Kier alpha value is -2.86. The summed E-state index contributed by atoms with van der Waals surface area (Å²) in [5.74, 6) is 1.25. The van der Waals surface area contributed by atoms with Crippen molar-refractivity contribution in [2.45, 2.75) is 12.8 Å². The van der Waals surface area contributed by atoms with Gasteiger partial charge in [0.15, 0.2) is 11.5 Å². The van der Waals surface area contributed by atoms with Crippen LogP contribution in [0.2, 0.25) is 0 Å². The summed E-state index contributed by atoms with van der Waals surface area (Å²) in [5.41, 5.74) is 7.85. The van der Waals surface area contributed by atoms with Crippen molar-refractivity contribution in [3.05, 3.63) is 69.1 Å². The fraction of sp³-hybridized carbons (Fsp3) is 0.190. The molecule has 0 saturated carbocycles. The van der Waals surface area contributed by atoms with Crippen molar-refractivity contribution < 1.29 is 19.3 Å². The van der Waals surface area contributed by atoms with Crippen LogP contribution in [0.4, 0.5) is 0 Å². The molecule has 0 amide bonds. The van der Waals surface area contributed by atoms with Gasteiger partial charge in [0.1, 0.15) is 29.7 Å². The number of allylic oxidation sites excluding steroid dienone is 1. The molecule has 2 aromatic carbocycles. The van der Waals surface area contributed by atoms with Crippen molar-refractivity contribution in [3.63, 3.8) is 0 Å². The standard InChI is InChI=1S/C21H19IN2O4/c1-3-7-27-20-16(22)8-12(9-18(20)26-4-2)19-14-6-5-13(25)10-17(14)28-21(24)15(19)11-23/h3,5-6,8-10,19,25H,1,4,7,24H2,2H3/t19-/m1/s1. The third kappa shape index (κ3) is 3.73. The molecule has 1 heterocycles. The molecular formula is C21H19IN2O4. The van der Waals surface area contributed by atoms with Gasteiger partial charge in [-0.1, -0.05) is 18.7 Å². The monoisotopic (exact) mass is 490 g/mol. The summed E-state index contributed by atoms with van der Waals surface area (Å²) in [6, 6.07) is 10.7. The van der Waals surface area contributed by atoms with Crippen molar-refractivity contribution in [2.24, 2.45) is 5.73 Å². The van der Waals surface area contributed by atoms with Crippen LogP contribution in [0.5, 0.6) is 23.0 Å². The third-order valence-electron chi connectivity index (χ3n) is 4.21. The molecule has 0 spiro atoms. The van der Waals surface area contributed by atoms with Gasteiger partial charge in [-0.15, -0.1) is 0 Å². The third-order valence-corrected chi connectivity index (χ3v) is 5.01. The van der Waals surface area contributed by atoms with Gasteiger partial charge in [-0.2, -0.15) is 5.26 Å². The fourth-order valence-corrected chi connectivity index (χ4v) is 3.87. The van der Waals surface area contributed by atoms with E-state index in [4.69, 9.17) is 19.9 Å². The first kappa shape index (κ1) is 19.9. The quantitative estimate of drug-likeness (QED) is 0.466. The van der Waals surface area contributed by atoms with E-state index in [-0.39, 0.29) is 11.6 Å². The van der Waals surface area contributed by atoms with Crippen LogP contribution in [-0.2, 0) is 0 Å². The maximum atomic E-state index is 9.78. The van der Waals surface area contributed by atoms with Crippen molar-refractivity contribution in [1.29, 1.82) is 5.26 Å². The Balaban J connectivity index is 2.19. The van der Waals surface area contributed by atoms with E-state index in [1.54, 1.807) is 18.2 Å². The number of benzene rings is 2. The summed E-state index contributed by atoms with van der Waals surface area (Å²) >= 11 is 2.18. The number of phenolic OH excluding ortho intramolecular Hbond substituents is 1. The van der Waals surface area contributed by atoms with Gasteiger partial charge in [0, 0.05) is 11.6 Å². The van der Waals surface area contributed by atoms with Gasteiger partial charge >= 0.3 is 0 Å². The molecule has 7 heteroatoms. The molecule has 3 rings (SSSR count). The average molecular weight is 490 g/mol. The topological polar surface area (TPSA) is 97.7 Å². The van der Waals surface area contributed by atoms with Crippen LogP contribution in [0, 0.1) is 14.9 Å². The summed E-state index contributed by atoms with van der Waals surface area (Å²) in [7, 11) is 0. The molecule has 28 heavy (non-hydrogen) atoms. The van der Waals surface area contributed by atoms with E-state index in [2.05, 4.69) is 35.2 Å². The lowest BCUT2D eigenvalue weighted by Crippen LogP contribution is -2.21. The molecule has 2 aromatic rings. The number of nitrogens with two attached hydrogens (primary N) is 1. The number of ether oxygens (including phenoxy) is 3. The van der Waals surface area contributed by atoms with E-state index >= 15 is 0 Å². The molecule has 0 bridgehead atoms. The first-order valence-corrected chi connectivity index (χ1v) is 9.68. The molecular weight excluding hydrogens is 471 g/mol. The molecule has 3 N–H and O–H groups in total. The molecule has 1 aliphatic rings. The van der Waals surface area contributed by atoms with Crippen molar-refractivity contribution >= 4 is 22.6 Å². The molecule has 0 fully saturated rings. The molecule has 6 nitrogen and oxygen atoms in total. The normalized spacial score (nSPS) is 15.2. The van der Waals surface area contributed by atoms with E-state index in [9.17, 15) is 10.4 Å². The Morgan fingerprint density at radius 3 is 2.82 bits per heavy atom. The van der Waals surface area contributed by atoms with E-state index < -0.39 is 5.92 Å². The Morgan fingerprint density at radius 2 is 2.14 bits per heavy atom. The van der Waals surface area contributed by atoms with Gasteiger partial charge in [-0.05, 0) is 53.3 Å². The lowest BCUT2D eigenvalue weighted by atomic mass is 9.83. The van der Waals surface area contributed by atoms with Gasteiger partial charge in [0.25, 0.3) is 0 Å². The zero-order valence-electron chi connectivity index (χ0n) is 15.2. The molecule has 0 aromatic heterocycles. The number of hydrogen-bond donors (Lipinski definition) is 2.